The fraction of sp³-hybridized carbons (Fsp3) is 0.556. The van der Waals surface area contributed by atoms with E-state index in [1.54, 1.807) is 0 Å². The summed E-state index contributed by atoms with van der Waals surface area (Å²) in [6.45, 7) is 6.88. The molecule has 0 aromatic rings. The topological polar surface area (TPSA) is 9.23 Å². The molecule has 1 fully saturated rings. The highest BCUT2D eigenvalue weighted by Gasteiger charge is 2.10. The quantitative estimate of drug-likeness (QED) is 0.570. The van der Waals surface area contributed by atoms with Gasteiger partial charge in [-0.25, -0.2) is 0 Å². The summed E-state index contributed by atoms with van der Waals surface area (Å²) in [5, 5.41) is 0. The Kier molecular flexibility index (Phi) is 2.55. The van der Waals surface area contributed by atoms with Crippen molar-refractivity contribution in [2.24, 2.45) is 0 Å². The molecular formula is C9H14O. The molecule has 1 nitrogen and oxygen atoms in total. The average molecular weight is 138 g/mol. The Morgan fingerprint density at radius 3 is 3.00 bits per heavy atom. The Bertz CT molecular complexity index is 156. The maximum Gasteiger partial charge on any atom is 0.118 e. The number of hydrogen-bond acceptors (Lipinski definition) is 1. The largest absolute Gasteiger partial charge is 0.493 e. The van der Waals surface area contributed by atoms with Crippen LogP contribution in [0.15, 0.2) is 24.0 Å². The number of hydrogen-bond donors (Lipinski definition) is 0. The van der Waals surface area contributed by atoms with Gasteiger partial charge in [-0.3, -0.25) is 0 Å². The molecule has 1 rings (SSSR count). The van der Waals surface area contributed by atoms with Gasteiger partial charge in [0.2, 0.25) is 0 Å². The molecule has 1 aliphatic rings. The molecule has 1 aliphatic heterocycles. The predicted octanol–water partition coefficient (Wildman–Crippen LogP) is 2.65. The van der Waals surface area contributed by atoms with Crippen LogP contribution in [0.25, 0.3) is 0 Å². The Labute approximate surface area is 62.4 Å². The lowest BCUT2D eigenvalue weighted by Gasteiger charge is -1.96. The fourth-order valence-corrected chi connectivity index (χ4v) is 0.988. The van der Waals surface area contributed by atoms with Gasteiger partial charge in [-0.1, -0.05) is 19.9 Å². The molecular weight excluding hydrogens is 124 g/mol. The van der Waals surface area contributed by atoms with Crippen molar-refractivity contribution in [3.8, 4) is 0 Å². The fourth-order valence-electron chi connectivity index (χ4n) is 0.988. The van der Waals surface area contributed by atoms with Crippen molar-refractivity contribution in [1.29, 1.82) is 0 Å². The third-order valence-electron chi connectivity index (χ3n) is 1.63. The molecule has 0 N–H and O–H groups in total. The molecule has 56 valence electrons. The molecule has 0 aliphatic carbocycles. The highest BCUT2D eigenvalue weighted by molar-refractivity contribution is 5.25. The predicted molar refractivity (Wildman–Crippen MR) is 42.7 cm³/mol. The summed E-state index contributed by atoms with van der Waals surface area (Å²) in [4.78, 5) is 0. The van der Waals surface area contributed by atoms with Crippen molar-refractivity contribution in [3.63, 3.8) is 0 Å². The van der Waals surface area contributed by atoms with E-state index >= 15 is 0 Å². The SMILES string of the molecule is C=C1CCOC1=CCCC. The van der Waals surface area contributed by atoms with Crippen LogP contribution in [0.5, 0.6) is 0 Å². The van der Waals surface area contributed by atoms with Gasteiger partial charge in [0, 0.05) is 6.42 Å². The molecule has 0 amide bonds. The van der Waals surface area contributed by atoms with Gasteiger partial charge in [0.05, 0.1) is 6.61 Å². The summed E-state index contributed by atoms with van der Waals surface area (Å²) >= 11 is 0. The zero-order valence-corrected chi connectivity index (χ0v) is 6.52. The lowest BCUT2D eigenvalue weighted by molar-refractivity contribution is 0.264. The van der Waals surface area contributed by atoms with E-state index in [2.05, 4.69) is 19.6 Å². The summed E-state index contributed by atoms with van der Waals surface area (Å²) in [5.41, 5.74) is 1.16. The molecule has 0 radical (unpaired) electrons. The van der Waals surface area contributed by atoms with Crippen molar-refractivity contribution in [1.82, 2.24) is 0 Å². The van der Waals surface area contributed by atoms with Gasteiger partial charge in [0.25, 0.3) is 0 Å². The third-order valence-corrected chi connectivity index (χ3v) is 1.63. The third kappa shape index (κ3) is 1.63. The second-order valence-corrected chi connectivity index (χ2v) is 2.56. The molecule has 0 bridgehead atoms. The van der Waals surface area contributed by atoms with Crippen LogP contribution in [0.2, 0.25) is 0 Å². The number of rotatable bonds is 2. The molecule has 1 saturated heterocycles. The first-order valence-electron chi connectivity index (χ1n) is 3.85. The summed E-state index contributed by atoms with van der Waals surface area (Å²) in [7, 11) is 0. The monoisotopic (exact) mass is 138 g/mol. The van der Waals surface area contributed by atoms with Crippen LogP contribution in [-0.4, -0.2) is 6.61 Å². The molecule has 1 heteroatoms. The van der Waals surface area contributed by atoms with Gasteiger partial charge < -0.3 is 4.74 Å². The highest BCUT2D eigenvalue weighted by atomic mass is 16.5. The van der Waals surface area contributed by atoms with E-state index in [4.69, 9.17) is 4.74 Å². The summed E-state index contributed by atoms with van der Waals surface area (Å²) in [6.07, 6.45) is 5.43. The van der Waals surface area contributed by atoms with Gasteiger partial charge in [-0.05, 0) is 18.1 Å². The van der Waals surface area contributed by atoms with Gasteiger partial charge >= 0.3 is 0 Å². The van der Waals surface area contributed by atoms with Crippen LogP contribution in [0, 0.1) is 0 Å². The number of allylic oxidation sites excluding steroid dienone is 2. The van der Waals surface area contributed by atoms with E-state index < -0.39 is 0 Å². The summed E-state index contributed by atoms with van der Waals surface area (Å²) in [5.74, 6) is 1.03. The second-order valence-electron chi connectivity index (χ2n) is 2.56. The van der Waals surface area contributed by atoms with E-state index in [0.717, 1.165) is 30.8 Å². The average Bonchev–Trinajstić information content (AvgIpc) is 2.31. The summed E-state index contributed by atoms with van der Waals surface area (Å²) in [6, 6.07) is 0. The maximum atomic E-state index is 5.33. The van der Waals surface area contributed by atoms with E-state index in [9.17, 15) is 0 Å². The first kappa shape index (κ1) is 7.39. The maximum absolute atomic E-state index is 5.33. The first-order chi connectivity index (χ1) is 4.84. The minimum Gasteiger partial charge on any atom is -0.493 e. The van der Waals surface area contributed by atoms with Crippen LogP contribution in [0.1, 0.15) is 26.2 Å². The van der Waals surface area contributed by atoms with Crippen LogP contribution in [-0.2, 0) is 4.74 Å². The highest BCUT2D eigenvalue weighted by Crippen LogP contribution is 2.21. The number of unbranched alkanes of at least 4 members (excludes halogenated alkanes) is 1. The molecule has 10 heavy (non-hydrogen) atoms. The second kappa shape index (κ2) is 3.45. The molecule has 1 heterocycles. The molecule has 0 spiro atoms. The molecule has 0 aromatic carbocycles. The van der Waals surface area contributed by atoms with Crippen molar-refractivity contribution in [2.45, 2.75) is 26.2 Å². The lowest BCUT2D eigenvalue weighted by Crippen LogP contribution is -1.79. The van der Waals surface area contributed by atoms with E-state index in [1.807, 2.05) is 0 Å². The van der Waals surface area contributed by atoms with Crippen LogP contribution >= 0.6 is 0 Å². The Hall–Kier alpha value is -0.720. The first-order valence-corrected chi connectivity index (χ1v) is 3.85. The van der Waals surface area contributed by atoms with Gasteiger partial charge in [-0.15, -0.1) is 0 Å². The molecule has 0 atom stereocenters. The minimum absolute atomic E-state index is 0.828. The Morgan fingerprint density at radius 1 is 1.70 bits per heavy atom. The lowest BCUT2D eigenvalue weighted by atomic mass is 10.2. The van der Waals surface area contributed by atoms with Gasteiger partial charge in [0.15, 0.2) is 0 Å². The van der Waals surface area contributed by atoms with Crippen molar-refractivity contribution < 1.29 is 4.74 Å². The zero-order chi connectivity index (χ0) is 7.40. The van der Waals surface area contributed by atoms with Gasteiger partial charge in [-0.2, -0.15) is 0 Å². The smallest absolute Gasteiger partial charge is 0.118 e. The standard InChI is InChI=1S/C9H14O/c1-3-4-5-9-8(2)6-7-10-9/h5H,2-4,6-7H2,1H3. The zero-order valence-electron chi connectivity index (χ0n) is 6.52. The Balaban J connectivity index is 2.46. The minimum atomic E-state index is 0.828. The number of ether oxygens (including phenoxy) is 1. The van der Waals surface area contributed by atoms with Crippen LogP contribution < -0.4 is 0 Å². The van der Waals surface area contributed by atoms with E-state index in [-0.39, 0.29) is 0 Å². The van der Waals surface area contributed by atoms with Gasteiger partial charge in [0.1, 0.15) is 5.76 Å². The molecule has 0 unspecified atom stereocenters. The summed E-state index contributed by atoms with van der Waals surface area (Å²) < 4.78 is 5.33. The van der Waals surface area contributed by atoms with Crippen LogP contribution in [0.3, 0.4) is 0 Å². The normalized spacial score (nSPS) is 21.7. The van der Waals surface area contributed by atoms with Crippen molar-refractivity contribution in [3.05, 3.63) is 24.0 Å². The van der Waals surface area contributed by atoms with E-state index in [0.29, 0.717) is 0 Å². The molecule has 0 saturated carbocycles. The van der Waals surface area contributed by atoms with Crippen LogP contribution in [0.4, 0.5) is 0 Å². The molecule has 0 aromatic heterocycles. The van der Waals surface area contributed by atoms with Crippen molar-refractivity contribution in [2.75, 3.05) is 6.61 Å². The van der Waals surface area contributed by atoms with E-state index in [1.165, 1.54) is 6.42 Å². The van der Waals surface area contributed by atoms with Crippen molar-refractivity contribution >= 4 is 0 Å². The Morgan fingerprint density at radius 2 is 2.50 bits per heavy atom.